The normalized spacial score (nSPS) is 10.9. The fourth-order valence-corrected chi connectivity index (χ4v) is 4.58. The second-order valence-corrected chi connectivity index (χ2v) is 9.33. The third-order valence-electron chi connectivity index (χ3n) is 5.02. The van der Waals surface area contributed by atoms with Crippen molar-refractivity contribution in [3.63, 3.8) is 0 Å². The van der Waals surface area contributed by atoms with Gasteiger partial charge < -0.3 is 14.8 Å². The number of ether oxygens (including phenoxy) is 2. The minimum atomic E-state index is -4.24. The summed E-state index contributed by atoms with van der Waals surface area (Å²) in [5.41, 5.74) is -0.723. The lowest BCUT2D eigenvalue weighted by atomic mass is 10.2. The predicted octanol–water partition coefficient (Wildman–Crippen LogP) is 3.74. The Bertz CT molecular complexity index is 1430. The molecule has 3 rings (SSSR count). The highest BCUT2D eigenvalue weighted by molar-refractivity contribution is 7.93. The van der Waals surface area contributed by atoms with Crippen molar-refractivity contribution in [2.75, 3.05) is 29.9 Å². The number of hydrogen-bond donors (Lipinski definition) is 1. The second-order valence-electron chi connectivity index (χ2n) is 7.40. The molecule has 0 aliphatic carbocycles. The standard InChI is InChI=1S/C23H22N4O9S/c1-3-35-18-12-13-19(21(14-18)27(31)32)24-23(28)15-36-17-10-8-16(9-11-17)25(2)37(33,34)22-7-5-4-6-20(22)26(29)30/h4-14H,3,15H2,1-2H3,(H,24,28). The summed E-state index contributed by atoms with van der Waals surface area (Å²) < 4.78 is 37.4. The first-order chi connectivity index (χ1) is 17.5. The summed E-state index contributed by atoms with van der Waals surface area (Å²) >= 11 is 0. The smallest absolute Gasteiger partial charge is 0.296 e. The molecule has 37 heavy (non-hydrogen) atoms. The van der Waals surface area contributed by atoms with Crippen molar-refractivity contribution in [1.29, 1.82) is 0 Å². The molecule has 3 aromatic rings. The van der Waals surface area contributed by atoms with E-state index < -0.39 is 43.0 Å². The Balaban J connectivity index is 1.67. The van der Waals surface area contributed by atoms with E-state index in [0.717, 1.165) is 16.4 Å². The Labute approximate surface area is 211 Å². The van der Waals surface area contributed by atoms with Gasteiger partial charge in [-0.3, -0.25) is 29.3 Å². The van der Waals surface area contributed by atoms with Gasteiger partial charge in [0.15, 0.2) is 11.5 Å². The topological polar surface area (TPSA) is 171 Å². The molecule has 0 spiro atoms. The number of rotatable bonds is 11. The zero-order chi connectivity index (χ0) is 27.2. The first-order valence-electron chi connectivity index (χ1n) is 10.7. The second kappa shape index (κ2) is 11.3. The summed E-state index contributed by atoms with van der Waals surface area (Å²) in [6.07, 6.45) is 0. The lowest BCUT2D eigenvalue weighted by Crippen LogP contribution is -2.27. The van der Waals surface area contributed by atoms with E-state index >= 15 is 0 Å². The minimum absolute atomic E-state index is 0.0285. The Morgan fingerprint density at radius 3 is 2.16 bits per heavy atom. The number of carbonyl (C=O) groups is 1. The van der Waals surface area contributed by atoms with Gasteiger partial charge in [-0.05, 0) is 49.4 Å². The fraction of sp³-hybridized carbons (Fsp3) is 0.174. The van der Waals surface area contributed by atoms with Gasteiger partial charge in [-0.25, -0.2) is 8.42 Å². The van der Waals surface area contributed by atoms with Crippen LogP contribution in [0.2, 0.25) is 0 Å². The molecule has 0 atom stereocenters. The van der Waals surface area contributed by atoms with Crippen LogP contribution in [0.5, 0.6) is 11.5 Å². The Morgan fingerprint density at radius 1 is 0.919 bits per heavy atom. The summed E-state index contributed by atoms with van der Waals surface area (Å²) in [7, 11) is -2.99. The molecule has 0 unspecified atom stereocenters. The van der Waals surface area contributed by atoms with Crippen molar-refractivity contribution in [2.24, 2.45) is 0 Å². The number of amides is 1. The number of para-hydroxylation sites is 1. The molecular formula is C23H22N4O9S. The molecule has 13 nitrogen and oxygen atoms in total. The van der Waals surface area contributed by atoms with Crippen LogP contribution in [0.15, 0.2) is 71.6 Å². The summed E-state index contributed by atoms with van der Waals surface area (Å²) in [5.74, 6) is -0.151. The van der Waals surface area contributed by atoms with Crippen LogP contribution in [-0.4, -0.2) is 44.4 Å². The number of nitrogens with one attached hydrogen (secondary N) is 1. The number of hydrogen-bond acceptors (Lipinski definition) is 9. The number of nitro benzene ring substituents is 2. The van der Waals surface area contributed by atoms with Crippen LogP contribution in [0, 0.1) is 20.2 Å². The van der Waals surface area contributed by atoms with E-state index in [1.54, 1.807) is 6.92 Å². The summed E-state index contributed by atoms with van der Waals surface area (Å²) in [6.45, 7) is 1.58. The minimum Gasteiger partial charge on any atom is -0.494 e. The van der Waals surface area contributed by atoms with Crippen LogP contribution >= 0.6 is 0 Å². The highest BCUT2D eigenvalue weighted by Gasteiger charge is 2.29. The zero-order valence-electron chi connectivity index (χ0n) is 19.7. The molecular weight excluding hydrogens is 508 g/mol. The Morgan fingerprint density at radius 2 is 1.54 bits per heavy atom. The largest absolute Gasteiger partial charge is 0.494 e. The third kappa shape index (κ3) is 6.29. The van der Waals surface area contributed by atoms with E-state index in [1.807, 2.05) is 0 Å². The van der Waals surface area contributed by atoms with E-state index in [9.17, 15) is 33.4 Å². The average Bonchev–Trinajstić information content (AvgIpc) is 2.88. The van der Waals surface area contributed by atoms with Gasteiger partial charge in [-0.1, -0.05) is 12.1 Å². The monoisotopic (exact) mass is 530 g/mol. The summed E-state index contributed by atoms with van der Waals surface area (Å²) in [6, 6.07) is 14.7. The first kappa shape index (κ1) is 26.9. The Kier molecular flexibility index (Phi) is 8.24. The lowest BCUT2D eigenvalue weighted by molar-refractivity contribution is -0.387. The molecule has 0 fully saturated rings. The molecule has 0 saturated heterocycles. The third-order valence-corrected chi connectivity index (χ3v) is 6.85. The molecule has 0 saturated carbocycles. The summed E-state index contributed by atoms with van der Waals surface area (Å²) in [5, 5.41) is 25.0. The van der Waals surface area contributed by atoms with Crippen LogP contribution in [0.1, 0.15) is 6.92 Å². The van der Waals surface area contributed by atoms with E-state index in [2.05, 4.69) is 5.32 Å². The lowest BCUT2D eigenvalue weighted by Gasteiger charge is -2.19. The zero-order valence-corrected chi connectivity index (χ0v) is 20.5. The van der Waals surface area contributed by atoms with Crippen LogP contribution in [0.4, 0.5) is 22.7 Å². The van der Waals surface area contributed by atoms with Crippen LogP contribution in [0.3, 0.4) is 0 Å². The number of anilines is 2. The van der Waals surface area contributed by atoms with Crippen LogP contribution in [-0.2, 0) is 14.8 Å². The SMILES string of the molecule is CCOc1ccc(NC(=O)COc2ccc(N(C)S(=O)(=O)c3ccccc3[N+](=O)[O-])cc2)c([N+](=O)[O-])c1. The number of carbonyl (C=O) groups excluding carboxylic acids is 1. The van der Waals surface area contributed by atoms with Crippen molar-refractivity contribution >= 4 is 38.7 Å². The molecule has 0 radical (unpaired) electrons. The van der Waals surface area contributed by atoms with Crippen molar-refractivity contribution in [2.45, 2.75) is 11.8 Å². The van der Waals surface area contributed by atoms with Gasteiger partial charge in [0.25, 0.3) is 27.3 Å². The maximum absolute atomic E-state index is 12.9. The average molecular weight is 531 g/mol. The quantitative estimate of drug-likeness (QED) is 0.286. The van der Waals surface area contributed by atoms with E-state index in [0.29, 0.717) is 6.61 Å². The van der Waals surface area contributed by atoms with Crippen LogP contribution < -0.4 is 19.1 Å². The molecule has 0 heterocycles. The molecule has 1 N–H and O–H groups in total. The predicted molar refractivity (Wildman–Crippen MR) is 134 cm³/mol. The van der Waals surface area contributed by atoms with E-state index in [1.165, 1.54) is 61.6 Å². The van der Waals surface area contributed by atoms with Crippen molar-refractivity contribution in [1.82, 2.24) is 0 Å². The molecule has 1 amide bonds. The van der Waals surface area contributed by atoms with Gasteiger partial charge in [0.05, 0.1) is 28.2 Å². The maximum Gasteiger partial charge on any atom is 0.296 e. The van der Waals surface area contributed by atoms with Gasteiger partial charge >= 0.3 is 0 Å². The maximum atomic E-state index is 12.9. The first-order valence-corrected chi connectivity index (χ1v) is 12.1. The number of sulfonamides is 1. The number of nitrogens with zero attached hydrogens (tertiary/aromatic N) is 3. The van der Waals surface area contributed by atoms with Gasteiger partial charge in [0.2, 0.25) is 0 Å². The molecule has 14 heteroatoms. The molecule has 194 valence electrons. The van der Waals surface area contributed by atoms with Gasteiger partial charge in [0.1, 0.15) is 17.2 Å². The van der Waals surface area contributed by atoms with E-state index in [-0.39, 0.29) is 28.6 Å². The summed E-state index contributed by atoms with van der Waals surface area (Å²) in [4.78, 5) is 33.0. The molecule has 0 aromatic heterocycles. The number of benzene rings is 3. The highest BCUT2D eigenvalue weighted by atomic mass is 32.2. The van der Waals surface area contributed by atoms with Gasteiger partial charge in [-0.2, -0.15) is 0 Å². The molecule has 0 aliphatic heterocycles. The number of nitro groups is 2. The van der Waals surface area contributed by atoms with Gasteiger partial charge in [-0.15, -0.1) is 0 Å². The van der Waals surface area contributed by atoms with Crippen molar-refractivity contribution in [3.05, 3.63) is 87.0 Å². The van der Waals surface area contributed by atoms with Crippen molar-refractivity contribution < 1.29 is 32.5 Å². The van der Waals surface area contributed by atoms with Gasteiger partial charge in [0, 0.05) is 13.1 Å². The van der Waals surface area contributed by atoms with Crippen LogP contribution in [0.25, 0.3) is 0 Å². The van der Waals surface area contributed by atoms with Crippen molar-refractivity contribution in [3.8, 4) is 11.5 Å². The Hall–Kier alpha value is -4.72. The highest BCUT2D eigenvalue weighted by Crippen LogP contribution is 2.30. The molecule has 0 aliphatic rings. The molecule has 3 aromatic carbocycles. The molecule has 0 bridgehead atoms. The van der Waals surface area contributed by atoms with E-state index in [4.69, 9.17) is 9.47 Å². The fourth-order valence-electron chi connectivity index (χ4n) is 3.22.